The highest BCUT2D eigenvalue weighted by Gasteiger charge is 2.19. The first-order chi connectivity index (χ1) is 9.22. The van der Waals surface area contributed by atoms with Gasteiger partial charge in [-0.1, -0.05) is 13.0 Å². The minimum atomic E-state index is 0.769. The fourth-order valence-corrected chi connectivity index (χ4v) is 2.75. The normalized spacial score (nSPS) is 17.6. The van der Waals surface area contributed by atoms with Gasteiger partial charge in [-0.2, -0.15) is 0 Å². The van der Waals surface area contributed by atoms with E-state index < -0.39 is 0 Å². The molecule has 1 aliphatic rings. The van der Waals surface area contributed by atoms with Crippen molar-refractivity contribution >= 4 is 5.95 Å². The van der Waals surface area contributed by atoms with Crippen LogP contribution in [0, 0.1) is 12.8 Å². The van der Waals surface area contributed by atoms with Crippen LogP contribution in [0.4, 0.5) is 5.95 Å². The first kappa shape index (κ1) is 14.1. The van der Waals surface area contributed by atoms with Crippen LogP contribution in [-0.2, 0) is 6.54 Å². The van der Waals surface area contributed by atoms with Gasteiger partial charge in [0.15, 0.2) is 0 Å². The molecule has 0 aromatic carbocycles. The second kappa shape index (κ2) is 6.75. The third kappa shape index (κ3) is 3.83. The third-order valence-corrected chi connectivity index (χ3v) is 3.91. The van der Waals surface area contributed by atoms with Gasteiger partial charge < -0.3 is 14.8 Å². The molecule has 1 saturated heterocycles. The Morgan fingerprint density at radius 1 is 1.47 bits per heavy atom. The van der Waals surface area contributed by atoms with Crippen LogP contribution in [0.1, 0.15) is 25.5 Å². The van der Waals surface area contributed by atoms with Gasteiger partial charge in [0.05, 0.1) is 5.69 Å². The monoisotopic (exact) mass is 262 g/mol. The van der Waals surface area contributed by atoms with Crippen molar-refractivity contribution < 1.29 is 0 Å². The summed E-state index contributed by atoms with van der Waals surface area (Å²) in [7, 11) is 0. The lowest BCUT2D eigenvalue weighted by atomic mass is 9.97. The molecular weight excluding hydrogens is 236 g/mol. The van der Waals surface area contributed by atoms with Gasteiger partial charge >= 0.3 is 0 Å². The van der Waals surface area contributed by atoms with Crippen LogP contribution in [0.3, 0.4) is 0 Å². The number of hydrogen-bond acceptors (Lipinski definition) is 3. The molecule has 2 rings (SSSR count). The molecule has 1 aromatic heterocycles. The van der Waals surface area contributed by atoms with Crippen molar-refractivity contribution in [2.75, 3.05) is 31.5 Å². The third-order valence-electron chi connectivity index (χ3n) is 3.91. The summed E-state index contributed by atoms with van der Waals surface area (Å²) in [5.41, 5.74) is 1.08. The molecule has 1 aliphatic heterocycles. The van der Waals surface area contributed by atoms with Gasteiger partial charge in [0.2, 0.25) is 5.95 Å². The van der Waals surface area contributed by atoms with Gasteiger partial charge in [-0.05, 0) is 45.3 Å². The average Bonchev–Trinajstić information content (AvgIpc) is 2.77. The molecule has 0 aliphatic carbocycles. The maximum Gasteiger partial charge on any atom is 0.203 e. The van der Waals surface area contributed by atoms with Crippen molar-refractivity contribution in [1.29, 1.82) is 0 Å². The Morgan fingerprint density at radius 3 is 2.84 bits per heavy atom. The van der Waals surface area contributed by atoms with Gasteiger partial charge in [-0.3, -0.25) is 0 Å². The summed E-state index contributed by atoms with van der Waals surface area (Å²) in [6.07, 6.45) is 6.61. The highest BCUT2D eigenvalue weighted by atomic mass is 15.2. The van der Waals surface area contributed by atoms with Crippen molar-refractivity contribution in [2.45, 2.75) is 33.2 Å². The van der Waals surface area contributed by atoms with Crippen molar-refractivity contribution in [3.63, 3.8) is 0 Å². The zero-order chi connectivity index (χ0) is 13.7. The fourth-order valence-electron chi connectivity index (χ4n) is 2.75. The molecule has 0 atom stereocenters. The molecule has 0 amide bonds. The van der Waals surface area contributed by atoms with E-state index in [1.165, 1.54) is 32.5 Å². The lowest BCUT2D eigenvalue weighted by Gasteiger charge is -2.31. The van der Waals surface area contributed by atoms with Crippen LogP contribution >= 0.6 is 0 Å². The number of imidazole rings is 1. The van der Waals surface area contributed by atoms with E-state index >= 15 is 0 Å². The summed E-state index contributed by atoms with van der Waals surface area (Å²) in [6.45, 7) is 13.6. The predicted molar refractivity (Wildman–Crippen MR) is 80.5 cm³/mol. The number of nitrogens with zero attached hydrogens (tertiary/aromatic N) is 3. The maximum atomic E-state index is 4.54. The molecule has 19 heavy (non-hydrogen) atoms. The van der Waals surface area contributed by atoms with Gasteiger partial charge in [0, 0.05) is 19.3 Å². The summed E-state index contributed by atoms with van der Waals surface area (Å²) < 4.78 is 2.27. The molecule has 0 bridgehead atoms. The largest absolute Gasteiger partial charge is 0.352 e. The van der Waals surface area contributed by atoms with Crippen LogP contribution in [0.15, 0.2) is 18.9 Å². The molecule has 0 unspecified atom stereocenters. The van der Waals surface area contributed by atoms with Crippen LogP contribution in [0.2, 0.25) is 0 Å². The highest BCUT2D eigenvalue weighted by molar-refractivity contribution is 5.29. The number of likely N-dealkylation sites (tertiary alicyclic amines) is 1. The molecular formula is C15H26N4. The quantitative estimate of drug-likeness (QED) is 0.800. The zero-order valence-electron chi connectivity index (χ0n) is 12.2. The number of aryl methyl sites for hydroxylation is 1. The summed E-state index contributed by atoms with van der Waals surface area (Å²) in [6, 6.07) is 0. The number of piperidine rings is 1. The fraction of sp³-hybridized carbons (Fsp3) is 0.667. The Hall–Kier alpha value is -1.29. The lowest BCUT2D eigenvalue weighted by molar-refractivity contribution is 0.181. The second-order valence-electron chi connectivity index (χ2n) is 5.41. The number of nitrogens with one attached hydrogen (secondary N) is 1. The van der Waals surface area contributed by atoms with Crippen molar-refractivity contribution in [1.82, 2.24) is 14.5 Å². The first-order valence-corrected chi connectivity index (χ1v) is 7.33. The van der Waals surface area contributed by atoms with Crippen LogP contribution in [0.5, 0.6) is 0 Å². The minimum Gasteiger partial charge on any atom is -0.352 e. The molecule has 1 N–H and O–H groups in total. The molecule has 2 heterocycles. The van der Waals surface area contributed by atoms with E-state index in [0.717, 1.165) is 30.6 Å². The van der Waals surface area contributed by atoms with Gasteiger partial charge in [0.1, 0.15) is 0 Å². The van der Waals surface area contributed by atoms with Crippen LogP contribution in [0.25, 0.3) is 0 Å². The van der Waals surface area contributed by atoms with E-state index in [-0.39, 0.29) is 0 Å². The summed E-state index contributed by atoms with van der Waals surface area (Å²) in [4.78, 5) is 7.07. The van der Waals surface area contributed by atoms with Crippen molar-refractivity contribution in [3.8, 4) is 0 Å². The Kier molecular flexibility index (Phi) is 5.02. The lowest BCUT2D eigenvalue weighted by Crippen LogP contribution is -2.34. The molecule has 0 radical (unpaired) electrons. The van der Waals surface area contributed by atoms with E-state index in [9.17, 15) is 0 Å². The number of rotatable bonds is 6. The van der Waals surface area contributed by atoms with Crippen molar-refractivity contribution in [2.24, 2.45) is 5.92 Å². The minimum absolute atomic E-state index is 0.769. The first-order valence-electron chi connectivity index (χ1n) is 7.33. The number of aromatic nitrogens is 2. The molecule has 4 heteroatoms. The Balaban J connectivity index is 1.93. The Labute approximate surface area is 116 Å². The van der Waals surface area contributed by atoms with E-state index in [4.69, 9.17) is 0 Å². The topological polar surface area (TPSA) is 33.1 Å². The highest BCUT2D eigenvalue weighted by Crippen LogP contribution is 2.21. The number of anilines is 1. The SMILES string of the molecule is C=CCNc1nc(C)cn1CC1CCN(CC)CC1. The van der Waals surface area contributed by atoms with Gasteiger partial charge in [-0.25, -0.2) is 4.98 Å². The summed E-state index contributed by atoms with van der Waals surface area (Å²) in [5, 5.41) is 3.32. The second-order valence-corrected chi connectivity index (χ2v) is 5.41. The average molecular weight is 262 g/mol. The maximum absolute atomic E-state index is 4.54. The molecule has 106 valence electrons. The van der Waals surface area contributed by atoms with Crippen LogP contribution < -0.4 is 5.32 Å². The molecule has 4 nitrogen and oxygen atoms in total. The van der Waals surface area contributed by atoms with Crippen LogP contribution in [-0.4, -0.2) is 40.6 Å². The predicted octanol–water partition coefficient (Wildman–Crippen LogP) is 2.52. The van der Waals surface area contributed by atoms with Gasteiger partial charge in [0.25, 0.3) is 0 Å². The Bertz CT molecular complexity index is 402. The van der Waals surface area contributed by atoms with Crippen molar-refractivity contribution in [3.05, 3.63) is 24.5 Å². The number of hydrogen-bond donors (Lipinski definition) is 1. The summed E-state index contributed by atoms with van der Waals surface area (Å²) in [5.74, 6) is 1.76. The van der Waals surface area contributed by atoms with E-state index in [1.54, 1.807) is 0 Å². The van der Waals surface area contributed by atoms with Gasteiger partial charge in [-0.15, -0.1) is 6.58 Å². The molecule has 1 aromatic rings. The molecule has 0 saturated carbocycles. The van der Waals surface area contributed by atoms with E-state index in [1.807, 2.05) is 6.08 Å². The molecule has 0 spiro atoms. The smallest absolute Gasteiger partial charge is 0.203 e. The molecule has 1 fully saturated rings. The Morgan fingerprint density at radius 2 is 2.21 bits per heavy atom. The van der Waals surface area contributed by atoms with E-state index in [2.05, 4.69) is 46.4 Å². The summed E-state index contributed by atoms with van der Waals surface area (Å²) >= 11 is 0. The van der Waals surface area contributed by atoms with E-state index in [0.29, 0.717) is 0 Å². The zero-order valence-corrected chi connectivity index (χ0v) is 12.2. The standard InChI is InChI=1S/C15H26N4/c1-4-8-16-15-17-13(3)11-19(15)12-14-6-9-18(5-2)10-7-14/h4,11,14H,1,5-10,12H2,2-3H3,(H,16,17).